The zero-order valence-electron chi connectivity index (χ0n) is 33.1. The minimum absolute atomic E-state index is 0.265. The van der Waals surface area contributed by atoms with E-state index in [1.54, 1.807) is 0 Å². The number of unbranched alkanes of at least 4 members (excludes halogenated alkanes) is 23. The van der Waals surface area contributed by atoms with Crippen molar-refractivity contribution in [1.29, 1.82) is 0 Å². The Morgan fingerprint density at radius 3 is 1.42 bits per heavy atom. The Hall–Kier alpha value is -0.890. The summed E-state index contributed by atoms with van der Waals surface area (Å²) in [6.45, 7) is 3.37. The molecule has 11 heteroatoms. The van der Waals surface area contributed by atoms with Crippen molar-refractivity contribution < 1.29 is 50.0 Å². The molecule has 1 saturated heterocycles. The summed E-state index contributed by atoms with van der Waals surface area (Å²) in [5.74, 6) is -0.698. The third-order valence-electron chi connectivity index (χ3n) is 10.7. The van der Waals surface area contributed by atoms with Gasteiger partial charge in [-0.2, -0.15) is 0 Å². The number of carbonyl (C=O) groups is 1. The third-order valence-corrected chi connectivity index (χ3v) is 10.7. The molecule has 0 aromatic heterocycles. The molecule has 9 atom stereocenters. The Kier molecular flexibility index (Phi) is 30.6. The van der Waals surface area contributed by atoms with Crippen LogP contribution in [0.1, 0.15) is 187 Å². The van der Waals surface area contributed by atoms with E-state index in [-0.39, 0.29) is 6.42 Å². The van der Waals surface area contributed by atoms with Crippen LogP contribution in [0.25, 0.3) is 0 Å². The molecule has 0 aromatic rings. The number of aliphatic hydroxyl groups excluding tert-OH is 7. The number of amides is 1. The number of rotatable bonds is 35. The minimum Gasteiger partial charge on any atom is -0.394 e. The lowest BCUT2D eigenvalue weighted by molar-refractivity contribution is -0.303. The molecule has 1 heterocycles. The summed E-state index contributed by atoms with van der Waals surface area (Å²) in [6, 6.07) is -1.16. The van der Waals surface area contributed by atoms with Gasteiger partial charge in [0.05, 0.1) is 25.4 Å². The predicted molar refractivity (Wildman–Crippen MR) is 206 cm³/mol. The van der Waals surface area contributed by atoms with Crippen LogP contribution in [0.5, 0.6) is 0 Å². The molecule has 1 aliphatic heterocycles. The van der Waals surface area contributed by atoms with Gasteiger partial charge in [-0.15, -0.1) is 0 Å². The van der Waals surface area contributed by atoms with Crippen LogP contribution >= 0.6 is 0 Å². The van der Waals surface area contributed by atoms with Crippen molar-refractivity contribution in [2.24, 2.45) is 0 Å². The molecule has 9 unspecified atom stereocenters. The average Bonchev–Trinajstić information content (AvgIpc) is 3.14. The smallest absolute Gasteiger partial charge is 0.249 e. The molecular weight excluding hydrogens is 666 g/mol. The molecule has 0 saturated carbocycles. The number of hydrogen-bond donors (Lipinski definition) is 8. The van der Waals surface area contributed by atoms with Gasteiger partial charge >= 0.3 is 0 Å². The maximum absolute atomic E-state index is 13.0. The molecule has 11 nitrogen and oxygen atoms in total. The van der Waals surface area contributed by atoms with Crippen LogP contribution in [-0.4, -0.2) is 110 Å². The monoisotopic (exact) mass is 748 g/mol. The summed E-state index contributed by atoms with van der Waals surface area (Å²) in [7, 11) is 0. The fourth-order valence-corrected chi connectivity index (χ4v) is 7.03. The van der Waals surface area contributed by atoms with E-state index in [4.69, 9.17) is 9.47 Å². The van der Waals surface area contributed by atoms with Crippen LogP contribution in [-0.2, 0) is 14.3 Å². The lowest BCUT2D eigenvalue weighted by atomic mass is 9.98. The molecule has 310 valence electrons. The van der Waals surface area contributed by atoms with Crippen LogP contribution in [0.15, 0.2) is 0 Å². The predicted octanol–water partition coefficient (Wildman–Crippen LogP) is 5.94. The zero-order chi connectivity index (χ0) is 38.4. The highest BCUT2D eigenvalue weighted by atomic mass is 16.7. The largest absolute Gasteiger partial charge is 0.394 e. The van der Waals surface area contributed by atoms with Gasteiger partial charge in [-0.25, -0.2) is 0 Å². The Bertz CT molecular complexity index is 820. The van der Waals surface area contributed by atoms with E-state index in [1.807, 2.05) is 0 Å². The Labute approximate surface area is 316 Å². The first-order chi connectivity index (χ1) is 25.2. The highest BCUT2D eigenvalue weighted by molar-refractivity contribution is 5.80. The maximum Gasteiger partial charge on any atom is 0.249 e. The highest BCUT2D eigenvalue weighted by Crippen LogP contribution is 2.23. The first-order valence-electron chi connectivity index (χ1n) is 21.4. The number of nitrogens with one attached hydrogen (secondary N) is 1. The molecule has 8 N–H and O–H groups in total. The first kappa shape index (κ1) is 49.1. The standard InChI is InChI=1S/C41H81NO10/c1-3-5-7-9-11-12-13-14-15-16-17-18-19-20-21-23-25-27-29-34(45)40(50)42-32(36(46)33(44)28-26-24-22-10-8-6-4-2)31-51-41-39(49)38(48)37(47)35(30-43)52-41/h32-39,41,43-49H,3-31H2,1-2H3,(H,42,50). The van der Waals surface area contributed by atoms with Crippen molar-refractivity contribution in [3.8, 4) is 0 Å². The van der Waals surface area contributed by atoms with E-state index in [0.717, 1.165) is 44.9 Å². The molecule has 0 aromatic carbocycles. The van der Waals surface area contributed by atoms with Crippen molar-refractivity contribution in [1.82, 2.24) is 5.32 Å². The van der Waals surface area contributed by atoms with Crippen molar-refractivity contribution in [2.75, 3.05) is 13.2 Å². The van der Waals surface area contributed by atoms with Gasteiger partial charge in [0.2, 0.25) is 5.91 Å². The van der Waals surface area contributed by atoms with E-state index in [0.29, 0.717) is 19.3 Å². The number of ether oxygens (including phenoxy) is 2. The lowest BCUT2D eigenvalue weighted by Crippen LogP contribution is -2.60. The van der Waals surface area contributed by atoms with Gasteiger partial charge in [0.25, 0.3) is 0 Å². The van der Waals surface area contributed by atoms with Gasteiger partial charge < -0.3 is 50.5 Å². The fourth-order valence-electron chi connectivity index (χ4n) is 7.03. The van der Waals surface area contributed by atoms with Crippen LogP contribution in [0.2, 0.25) is 0 Å². The molecule has 1 rings (SSSR count). The van der Waals surface area contributed by atoms with Gasteiger partial charge in [0.15, 0.2) is 6.29 Å². The van der Waals surface area contributed by atoms with E-state index < -0.39 is 74.2 Å². The normalized spacial score (nSPS) is 23.0. The number of carbonyl (C=O) groups excluding carboxylic acids is 1. The van der Waals surface area contributed by atoms with E-state index in [9.17, 15) is 40.5 Å². The maximum atomic E-state index is 13.0. The molecule has 0 bridgehead atoms. The molecule has 52 heavy (non-hydrogen) atoms. The molecule has 1 fully saturated rings. The van der Waals surface area contributed by atoms with Gasteiger partial charge in [-0.3, -0.25) is 4.79 Å². The summed E-state index contributed by atoms with van der Waals surface area (Å²) in [4.78, 5) is 13.0. The summed E-state index contributed by atoms with van der Waals surface area (Å²) < 4.78 is 11.0. The summed E-state index contributed by atoms with van der Waals surface area (Å²) in [5.41, 5.74) is 0. The zero-order valence-corrected chi connectivity index (χ0v) is 33.1. The van der Waals surface area contributed by atoms with E-state index in [2.05, 4.69) is 19.2 Å². The van der Waals surface area contributed by atoms with Crippen LogP contribution < -0.4 is 5.32 Å². The highest BCUT2D eigenvalue weighted by Gasteiger charge is 2.44. The van der Waals surface area contributed by atoms with Crippen molar-refractivity contribution in [3.63, 3.8) is 0 Å². The first-order valence-corrected chi connectivity index (χ1v) is 21.4. The van der Waals surface area contributed by atoms with Gasteiger partial charge in [-0.1, -0.05) is 174 Å². The summed E-state index contributed by atoms with van der Waals surface area (Å²) in [5, 5.41) is 75.1. The number of hydrogen-bond acceptors (Lipinski definition) is 10. The second kappa shape index (κ2) is 32.4. The summed E-state index contributed by atoms with van der Waals surface area (Å²) in [6.07, 6.45) is 19.0. The molecular formula is C41H81NO10. The fraction of sp³-hybridized carbons (Fsp3) is 0.976. The SMILES string of the molecule is CCCCCCCCCCCCCCCCCCCCC(O)C(=O)NC(COC1OC(CO)C(O)C(O)C1O)C(O)C(O)CCCCCCCCC. The topological polar surface area (TPSA) is 189 Å². The van der Waals surface area contributed by atoms with Gasteiger partial charge in [0.1, 0.15) is 36.6 Å². The molecule has 0 spiro atoms. The van der Waals surface area contributed by atoms with Crippen LogP contribution in [0.3, 0.4) is 0 Å². The van der Waals surface area contributed by atoms with E-state index >= 15 is 0 Å². The van der Waals surface area contributed by atoms with E-state index in [1.165, 1.54) is 103 Å². The molecule has 0 radical (unpaired) electrons. The lowest BCUT2D eigenvalue weighted by Gasteiger charge is -2.40. The average molecular weight is 748 g/mol. The van der Waals surface area contributed by atoms with Crippen molar-refractivity contribution >= 4 is 5.91 Å². The Morgan fingerprint density at radius 2 is 1.00 bits per heavy atom. The van der Waals surface area contributed by atoms with Crippen LogP contribution in [0, 0.1) is 0 Å². The van der Waals surface area contributed by atoms with Gasteiger partial charge in [-0.05, 0) is 12.8 Å². The van der Waals surface area contributed by atoms with Crippen LogP contribution in [0.4, 0.5) is 0 Å². The molecule has 1 aliphatic rings. The molecule has 0 aliphatic carbocycles. The third kappa shape index (κ3) is 22.5. The van der Waals surface area contributed by atoms with Gasteiger partial charge in [0, 0.05) is 0 Å². The quantitative estimate of drug-likeness (QED) is 0.0360. The Balaban J connectivity index is 2.40. The summed E-state index contributed by atoms with van der Waals surface area (Å²) >= 11 is 0. The number of aliphatic hydroxyl groups is 7. The minimum atomic E-state index is -1.65. The molecule has 1 amide bonds. The van der Waals surface area contributed by atoms with Crippen molar-refractivity contribution in [2.45, 2.75) is 242 Å². The Morgan fingerprint density at radius 1 is 0.596 bits per heavy atom. The van der Waals surface area contributed by atoms with Crippen molar-refractivity contribution in [3.05, 3.63) is 0 Å². The second-order valence-electron chi connectivity index (χ2n) is 15.4. The second-order valence-corrected chi connectivity index (χ2v) is 15.4.